The molecule has 6 heteroatoms. The highest BCUT2D eigenvalue weighted by Crippen LogP contribution is 2.29. The minimum absolute atomic E-state index is 0.0541. The standard InChI is InChI=1S/C25H20N4OS/c26-17-20(25(30)27-14-13-19-8-3-1-4-9-19)16-21-18-29(22-10-5-2-6-11-22)28-24(21)23-12-7-15-31-23/h1-12,15-16,18H,13-14H2,(H,27,30)/b20-16+. The fourth-order valence-corrected chi connectivity index (χ4v) is 3.91. The Labute approximate surface area is 184 Å². The fraction of sp³-hybridized carbons (Fsp3) is 0.0800. The Morgan fingerprint density at radius 1 is 1.06 bits per heavy atom. The second-order valence-electron chi connectivity index (χ2n) is 6.85. The molecule has 2 aromatic carbocycles. The molecule has 0 bridgehead atoms. The van der Waals surface area contributed by atoms with Gasteiger partial charge in [0.2, 0.25) is 0 Å². The lowest BCUT2D eigenvalue weighted by molar-refractivity contribution is -0.117. The number of hydrogen-bond donors (Lipinski definition) is 1. The molecule has 0 radical (unpaired) electrons. The smallest absolute Gasteiger partial charge is 0.261 e. The molecule has 0 spiro atoms. The van der Waals surface area contributed by atoms with E-state index in [9.17, 15) is 10.1 Å². The molecule has 0 saturated carbocycles. The predicted molar refractivity (Wildman–Crippen MR) is 124 cm³/mol. The van der Waals surface area contributed by atoms with Crippen molar-refractivity contribution in [3.63, 3.8) is 0 Å². The molecule has 2 heterocycles. The highest BCUT2D eigenvalue weighted by Gasteiger charge is 2.15. The number of benzene rings is 2. The summed E-state index contributed by atoms with van der Waals surface area (Å²) in [7, 11) is 0. The Kier molecular flexibility index (Phi) is 6.36. The SMILES string of the molecule is N#C/C(=C\c1cn(-c2ccccc2)nc1-c1cccs1)C(=O)NCCc1ccccc1. The van der Waals surface area contributed by atoms with Crippen molar-refractivity contribution < 1.29 is 4.79 Å². The second-order valence-corrected chi connectivity index (χ2v) is 7.80. The van der Waals surface area contributed by atoms with E-state index in [4.69, 9.17) is 5.10 Å². The topological polar surface area (TPSA) is 70.7 Å². The van der Waals surface area contributed by atoms with Crippen molar-refractivity contribution in [1.82, 2.24) is 15.1 Å². The van der Waals surface area contributed by atoms with Gasteiger partial charge >= 0.3 is 0 Å². The van der Waals surface area contributed by atoms with Crippen LogP contribution < -0.4 is 5.32 Å². The molecule has 0 fully saturated rings. The van der Waals surface area contributed by atoms with Crippen LogP contribution in [0, 0.1) is 11.3 Å². The molecular weight excluding hydrogens is 404 g/mol. The Morgan fingerprint density at radius 2 is 1.81 bits per heavy atom. The van der Waals surface area contributed by atoms with Gasteiger partial charge in [-0.1, -0.05) is 54.6 Å². The van der Waals surface area contributed by atoms with Gasteiger partial charge in [-0.2, -0.15) is 10.4 Å². The molecule has 0 aliphatic heterocycles. The first-order valence-corrected chi connectivity index (χ1v) is 10.8. The van der Waals surface area contributed by atoms with Crippen LogP contribution in [0.3, 0.4) is 0 Å². The van der Waals surface area contributed by atoms with Crippen molar-refractivity contribution in [2.75, 3.05) is 6.54 Å². The minimum Gasteiger partial charge on any atom is -0.351 e. The number of nitriles is 1. The average molecular weight is 425 g/mol. The third-order valence-corrected chi connectivity index (χ3v) is 5.60. The molecule has 5 nitrogen and oxygen atoms in total. The van der Waals surface area contributed by atoms with Crippen LogP contribution in [-0.2, 0) is 11.2 Å². The summed E-state index contributed by atoms with van der Waals surface area (Å²) in [5.41, 5.74) is 3.56. The van der Waals surface area contributed by atoms with E-state index < -0.39 is 0 Å². The zero-order valence-corrected chi connectivity index (χ0v) is 17.5. The van der Waals surface area contributed by atoms with Gasteiger partial charge in [0.1, 0.15) is 17.3 Å². The molecule has 152 valence electrons. The van der Waals surface area contributed by atoms with Gasteiger partial charge in [0, 0.05) is 18.3 Å². The largest absolute Gasteiger partial charge is 0.351 e. The van der Waals surface area contributed by atoms with Crippen molar-refractivity contribution in [2.45, 2.75) is 6.42 Å². The second kappa shape index (κ2) is 9.70. The number of nitrogens with one attached hydrogen (secondary N) is 1. The number of nitrogens with zero attached hydrogens (tertiary/aromatic N) is 3. The van der Waals surface area contributed by atoms with E-state index in [-0.39, 0.29) is 11.5 Å². The van der Waals surface area contributed by atoms with Gasteiger partial charge in [0.25, 0.3) is 5.91 Å². The number of amides is 1. The number of carbonyl (C=O) groups excluding carboxylic acids is 1. The van der Waals surface area contributed by atoms with Gasteiger partial charge in [-0.15, -0.1) is 11.3 Å². The van der Waals surface area contributed by atoms with Gasteiger partial charge < -0.3 is 5.32 Å². The van der Waals surface area contributed by atoms with Crippen LogP contribution in [0.25, 0.3) is 22.3 Å². The maximum Gasteiger partial charge on any atom is 0.261 e. The number of rotatable bonds is 7. The van der Waals surface area contributed by atoms with Gasteiger partial charge in [-0.05, 0) is 41.6 Å². The molecule has 0 saturated heterocycles. The zero-order valence-electron chi connectivity index (χ0n) is 16.7. The first-order valence-electron chi connectivity index (χ1n) is 9.87. The van der Waals surface area contributed by atoms with E-state index in [1.807, 2.05) is 90.4 Å². The molecule has 1 amide bonds. The average Bonchev–Trinajstić information content (AvgIpc) is 3.48. The van der Waals surface area contributed by atoms with Crippen molar-refractivity contribution in [1.29, 1.82) is 5.26 Å². The van der Waals surface area contributed by atoms with Crippen LogP contribution in [0.2, 0.25) is 0 Å². The molecular formula is C25H20N4OS. The van der Waals surface area contributed by atoms with Crippen LogP contribution in [0.5, 0.6) is 0 Å². The summed E-state index contributed by atoms with van der Waals surface area (Å²) in [6.45, 7) is 0.461. The summed E-state index contributed by atoms with van der Waals surface area (Å²) in [6.07, 6.45) is 4.16. The lowest BCUT2D eigenvalue weighted by atomic mass is 10.1. The third kappa shape index (κ3) is 4.97. The summed E-state index contributed by atoms with van der Waals surface area (Å²) in [5.74, 6) is -0.386. The van der Waals surface area contributed by atoms with Crippen molar-refractivity contribution in [3.05, 3.63) is 101 Å². The fourth-order valence-electron chi connectivity index (χ4n) is 3.18. The lowest BCUT2D eigenvalue weighted by Crippen LogP contribution is -2.26. The summed E-state index contributed by atoms with van der Waals surface area (Å²) >= 11 is 1.56. The number of aromatic nitrogens is 2. The number of para-hydroxylation sites is 1. The van der Waals surface area contributed by atoms with E-state index >= 15 is 0 Å². The molecule has 31 heavy (non-hydrogen) atoms. The Balaban J connectivity index is 1.58. The number of thiophene rings is 1. The zero-order chi connectivity index (χ0) is 21.5. The van der Waals surface area contributed by atoms with Crippen LogP contribution in [0.1, 0.15) is 11.1 Å². The quantitative estimate of drug-likeness (QED) is 0.340. The molecule has 0 atom stereocenters. The Hall–Kier alpha value is -3.95. The molecule has 0 unspecified atom stereocenters. The van der Waals surface area contributed by atoms with Crippen LogP contribution in [0.4, 0.5) is 0 Å². The lowest BCUT2D eigenvalue weighted by Gasteiger charge is -2.04. The first kappa shape index (κ1) is 20.3. The van der Waals surface area contributed by atoms with Gasteiger partial charge in [0.15, 0.2) is 0 Å². The van der Waals surface area contributed by atoms with Crippen molar-refractivity contribution >= 4 is 23.3 Å². The maximum atomic E-state index is 12.6. The van der Waals surface area contributed by atoms with Crippen molar-refractivity contribution in [2.24, 2.45) is 0 Å². The number of hydrogen-bond acceptors (Lipinski definition) is 4. The summed E-state index contributed by atoms with van der Waals surface area (Å²) in [5, 5.41) is 19.1. The Morgan fingerprint density at radius 3 is 2.48 bits per heavy atom. The summed E-state index contributed by atoms with van der Waals surface area (Å²) < 4.78 is 1.77. The Bertz CT molecular complexity index is 1220. The molecule has 0 aliphatic carbocycles. The van der Waals surface area contributed by atoms with Crippen LogP contribution >= 0.6 is 11.3 Å². The van der Waals surface area contributed by atoms with Crippen LogP contribution in [0.15, 0.2) is 89.9 Å². The minimum atomic E-state index is -0.386. The molecule has 4 aromatic rings. The number of carbonyl (C=O) groups is 1. The highest BCUT2D eigenvalue weighted by molar-refractivity contribution is 7.13. The predicted octanol–water partition coefficient (Wildman–Crippen LogP) is 4.87. The van der Waals surface area contributed by atoms with Crippen molar-refractivity contribution in [3.8, 4) is 22.3 Å². The van der Waals surface area contributed by atoms with E-state index in [2.05, 4.69) is 5.32 Å². The van der Waals surface area contributed by atoms with E-state index in [1.54, 1.807) is 22.1 Å². The summed E-state index contributed by atoms with van der Waals surface area (Å²) in [6, 6.07) is 25.6. The third-order valence-electron chi connectivity index (χ3n) is 4.72. The molecule has 0 aliphatic rings. The monoisotopic (exact) mass is 424 g/mol. The van der Waals surface area contributed by atoms with Gasteiger partial charge in [0.05, 0.1) is 10.6 Å². The van der Waals surface area contributed by atoms with Gasteiger partial charge in [-0.25, -0.2) is 4.68 Å². The van der Waals surface area contributed by atoms with E-state index in [0.717, 1.165) is 27.4 Å². The van der Waals surface area contributed by atoms with Crippen LogP contribution in [-0.4, -0.2) is 22.2 Å². The normalized spacial score (nSPS) is 11.1. The summed E-state index contributed by atoms with van der Waals surface area (Å²) in [4.78, 5) is 13.6. The molecule has 4 rings (SSSR count). The highest BCUT2D eigenvalue weighted by atomic mass is 32.1. The van der Waals surface area contributed by atoms with E-state index in [0.29, 0.717) is 13.0 Å². The molecule has 1 N–H and O–H groups in total. The maximum absolute atomic E-state index is 12.6. The van der Waals surface area contributed by atoms with E-state index in [1.165, 1.54) is 0 Å². The van der Waals surface area contributed by atoms with Gasteiger partial charge in [-0.3, -0.25) is 4.79 Å². The molecule has 2 aromatic heterocycles. The first-order chi connectivity index (χ1) is 15.2.